The normalized spacial score (nSPS) is 12.3. The molecule has 0 bridgehead atoms. The second kappa shape index (κ2) is 6.19. The van der Waals surface area contributed by atoms with Crippen LogP contribution < -0.4 is 5.32 Å². The van der Waals surface area contributed by atoms with Crippen LogP contribution in [0.2, 0.25) is 0 Å². The van der Waals surface area contributed by atoms with Gasteiger partial charge in [0, 0.05) is 4.88 Å². The summed E-state index contributed by atoms with van der Waals surface area (Å²) in [5.41, 5.74) is 0. The summed E-state index contributed by atoms with van der Waals surface area (Å²) in [6, 6.07) is 6.90. The summed E-state index contributed by atoms with van der Waals surface area (Å²) in [6.45, 7) is 4.09. The van der Waals surface area contributed by atoms with E-state index >= 15 is 0 Å². The van der Waals surface area contributed by atoms with E-state index < -0.39 is 5.97 Å². The lowest BCUT2D eigenvalue weighted by Crippen LogP contribution is -2.30. The Balaban J connectivity index is 2.14. The third-order valence-electron chi connectivity index (χ3n) is 2.84. The molecule has 1 amide bonds. The predicted molar refractivity (Wildman–Crippen MR) is 80.6 cm³/mol. The van der Waals surface area contributed by atoms with Crippen LogP contribution in [0.1, 0.15) is 44.1 Å². The van der Waals surface area contributed by atoms with Gasteiger partial charge in [0.25, 0.3) is 5.91 Å². The summed E-state index contributed by atoms with van der Waals surface area (Å²) in [5, 5.41) is 13.8. The zero-order chi connectivity index (χ0) is 14.7. The molecule has 0 aliphatic heterocycles. The van der Waals surface area contributed by atoms with Gasteiger partial charge in [0.15, 0.2) is 0 Å². The van der Waals surface area contributed by atoms with E-state index in [4.69, 9.17) is 5.11 Å². The molecule has 0 aliphatic rings. The first-order chi connectivity index (χ1) is 9.49. The molecule has 106 valence electrons. The Labute approximate surface area is 125 Å². The average Bonchev–Trinajstić information content (AvgIpc) is 3.05. The fraction of sp³-hybridized carbons (Fsp3) is 0.286. The number of carbonyl (C=O) groups is 2. The Kier molecular flexibility index (Phi) is 4.57. The van der Waals surface area contributed by atoms with Gasteiger partial charge < -0.3 is 10.4 Å². The van der Waals surface area contributed by atoms with Crippen molar-refractivity contribution >= 4 is 34.6 Å². The van der Waals surface area contributed by atoms with Crippen LogP contribution in [0, 0.1) is 5.92 Å². The minimum atomic E-state index is -1.01. The number of hydrogen-bond donors (Lipinski definition) is 2. The molecule has 4 nitrogen and oxygen atoms in total. The van der Waals surface area contributed by atoms with E-state index in [9.17, 15) is 9.59 Å². The molecule has 1 atom stereocenters. The zero-order valence-electron chi connectivity index (χ0n) is 11.1. The number of carboxylic acid groups (broad SMARTS) is 1. The van der Waals surface area contributed by atoms with Crippen molar-refractivity contribution < 1.29 is 14.7 Å². The highest BCUT2D eigenvalue weighted by molar-refractivity contribution is 7.15. The SMILES string of the molecule is CC(C)C(NC(=O)c1ccc(C(=O)O)s1)c1cccs1. The lowest BCUT2D eigenvalue weighted by atomic mass is 10.0. The molecule has 0 aromatic carbocycles. The van der Waals surface area contributed by atoms with Crippen molar-refractivity contribution in [2.45, 2.75) is 19.9 Å². The molecule has 2 aromatic heterocycles. The second-order valence-corrected chi connectivity index (χ2v) is 6.74. The monoisotopic (exact) mass is 309 g/mol. The van der Waals surface area contributed by atoms with Crippen molar-refractivity contribution in [3.63, 3.8) is 0 Å². The quantitative estimate of drug-likeness (QED) is 0.886. The maximum atomic E-state index is 12.2. The number of rotatable bonds is 5. The maximum absolute atomic E-state index is 12.2. The van der Waals surface area contributed by atoms with Crippen LogP contribution in [0.3, 0.4) is 0 Å². The molecule has 6 heteroatoms. The van der Waals surface area contributed by atoms with Gasteiger partial charge in [0.2, 0.25) is 0 Å². The molecule has 0 saturated carbocycles. The first-order valence-corrected chi connectivity index (χ1v) is 7.86. The summed E-state index contributed by atoms with van der Waals surface area (Å²) in [7, 11) is 0. The van der Waals surface area contributed by atoms with Crippen molar-refractivity contribution in [3.05, 3.63) is 44.3 Å². The van der Waals surface area contributed by atoms with E-state index in [2.05, 4.69) is 5.32 Å². The molecular weight excluding hydrogens is 294 g/mol. The number of hydrogen-bond acceptors (Lipinski definition) is 4. The molecule has 2 aromatic rings. The highest BCUT2D eigenvalue weighted by atomic mass is 32.1. The maximum Gasteiger partial charge on any atom is 0.345 e. The number of carbonyl (C=O) groups excluding carboxylic acids is 1. The number of thiophene rings is 2. The Morgan fingerprint density at radius 3 is 2.40 bits per heavy atom. The molecule has 2 heterocycles. The molecule has 0 aliphatic carbocycles. The number of aromatic carboxylic acids is 1. The molecule has 2 rings (SSSR count). The lowest BCUT2D eigenvalue weighted by molar-refractivity contribution is 0.0702. The van der Waals surface area contributed by atoms with E-state index in [1.807, 2.05) is 31.4 Å². The Bertz CT molecular complexity index is 602. The molecule has 0 fully saturated rings. The fourth-order valence-electron chi connectivity index (χ4n) is 1.82. The average molecular weight is 309 g/mol. The van der Waals surface area contributed by atoms with Gasteiger partial charge in [-0.3, -0.25) is 4.79 Å². The van der Waals surface area contributed by atoms with E-state index in [1.165, 1.54) is 6.07 Å². The minimum absolute atomic E-state index is 0.0575. The van der Waals surface area contributed by atoms with Gasteiger partial charge in [-0.05, 0) is 29.5 Å². The third kappa shape index (κ3) is 3.26. The summed E-state index contributed by atoms with van der Waals surface area (Å²) >= 11 is 2.59. The molecule has 1 unspecified atom stereocenters. The van der Waals surface area contributed by atoms with Crippen molar-refractivity contribution in [1.82, 2.24) is 5.32 Å². The van der Waals surface area contributed by atoms with E-state index in [0.717, 1.165) is 16.2 Å². The number of carboxylic acids is 1. The minimum Gasteiger partial charge on any atom is -0.477 e. The summed E-state index contributed by atoms with van der Waals surface area (Å²) in [5.74, 6) is -0.973. The summed E-state index contributed by atoms with van der Waals surface area (Å²) in [4.78, 5) is 24.7. The Hall–Kier alpha value is -1.66. The van der Waals surface area contributed by atoms with Crippen LogP contribution in [0.5, 0.6) is 0 Å². The Morgan fingerprint density at radius 1 is 1.20 bits per heavy atom. The van der Waals surface area contributed by atoms with Crippen molar-refractivity contribution in [3.8, 4) is 0 Å². The molecule has 2 N–H and O–H groups in total. The van der Waals surface area contributed by atoms with Gasteiger partial charge >= 0.3 is 5.97 Å². The van der Waals surface area contributed by atoms with Crippen LogP contribution in [-0.4, -0.2) is 17.0 Å². The van der Waals surface area contributed by atoms with Crippen LogP contribution in [0.15, 0.2) is 29.6 Å². The first-order valence-electron chi connectivity index (χ1n) is 6.16. The van der Waals surface area contributed by atoms with Gasteiger partial charge in [-0.25, -0.2) is 4.79 Å². The summed E-state index contributed by atoms with van der Waals surface area (Å²) in [6.07, 6.45) is 0. The first kappa shape index (κ1) is 14.7. The second-order valence-electron chi connectivity index (χ2n) is 4.68. The van der Waals surface area contributed by atoms with E-state index in [-0.39, 0.29) is 22.7 Å². The molecule has 0 radical (unpaired) electrons. The number of amides is 1. The van der Waals surface area contributed by atoms with Crippen LogP contribution in [0.4, 0.5) is 0 Å². The summed E-state index contributed by atoms with van der Waals surface area (Å²) < 4.78 is 0. The van der Waals surface area contributed by atoms with E-state index in [1.54, 1.807) is 17.4 Å². The number of nitrogens with one attached hydrogen (secondary N) is 1. The van der Waals surface area contributed by atoms with Crippen molar-refractivity contribution in [2.75, 3.05) is 0 Å². The predicted octanol–water partition coefficient (Wildman–Crippen LogP) is 3.63. The fourth-order valence-corrected chi connectivity index (χ4v) is 3.52. The lowest BCUT2D eigenvalue weighted by Gasteiger charge is -2.20. The van der Waals surface area contributed by atoms with Gasteiger partial charge in [0.1, 0.15) is 4.88 Å². The van der Waals surface area contributed by atoms with Gasteiger partial charge in [0.05, 0.1) is 10.9 Å². The standard InChI is InChI=1S/C14H15NO3S2/c1-8(2)12(9-4-3-7-19-9)15-13(16)10-5-6-11(20-10)14(17)18/h3-8,12H,1-2H3,(H,15,16)(H,17,18). The molecule has 0 spiro atoms. The van der Waals surface area contributed by atoms with E-state index in [0.29, 0.717) is 4.88 Å². The van der Waals surface area contributed by atoms with Gasteiger partial charge in [-0.2, -0.15) is 0 Å². The van der Waals surface area contributed by atoms with Gasteiger partial charge in [-0.15, -0.1) is 22.7 Å². The van der Waals surface area contributed by atoms with Crippen LogP contribution in [0.25, 0.3) is 0 Å². The molecule has 0 saturated heterocycles. The third-order valence-corrected chi connectivity index (χ3v) is 4.87. The zero-order valence-corrected chi connectivity index (χ0v) is 12.8. The van der Waals surface area contributed by atoms with Gasteiger partial charge in [-0.1, -0.05) is 19.9 Å². The van der Waals surface area contributed by atoms with Crippen LogP contribution >= 0.6 is 22.7 Å². The highest BCUT2D eigenvalue weighted by Gasteiger charge is 2.21. The Morgan fingerprint density at radius 2 is 1.90 bits per heavy atom. The molecular formula is C14H15NO3S2. The van der Waals surface area contributed by atoms with Crippen molar-refractivity contribution in [1.29, 1.82) is 0 Å². The largest absolute Gasteiger partial charge is 0.477 e. The topological polar surface area (TPSA) is 66.4 Å². The molecule has 20 heavy (non-hydrogen) atoms. The highest BCUT2D eigenvalue weighted by Crippen LogP contribution is 2.27. The smallest absolute Gasteiger partial charge is 0.345 e. The van der Waals surface area contributed by atoms with Crippen molar-refractivity contribution in [2.24, 2.45) is 5.92 Å². The van der Waals surface area contributed by atoms with Crippen LogP contribution in [-0.2, 0) is 0 Å².